The maximum atomic E-state index is 11.9. The van der Waals surface area contributed by atoms with Crippen molar-refractivity contribution in [2.24, 2.45) is 0 Å². The molecule has 0 radical (unpaired) electrons. The zero-order chi connectivity index (χ0) is 12.3. The molecule has 0 amide bonds. The molecule has 5 heteroatoms. The van der Waals surface area contributed by atoms with E-state index in [2.05, 4.69) is 25.6 Å². The first-order valence-electron chi connectivity index (χ1n) is 5.10. The monoisotopic (exact) mass is 304 g/mol. The minimum atomic E-state index is -1.07. The van der Waals surface area contributed by atoms with Crippen LogP contribution in [0.3, 0.4) is 0 Å². The van der Waals surface area contributed by atoms with Gasteiger partial charge in [-0.2, -0.15) is 0 Å². The Morgan fingerprint density at radius 2 is 2.06 bits per heavy atom. The van der Waals surface area contributed by atoms with Gasteiger partial charge in [-0.3, -0.25) is 4.98 Å². The Morgan fingerprint density at radius 3 is 2.50 bits per heavy atom. The molecular formula is C11H17BrN2OS. The Labute approximate surface area is 108 Å². The zero-order valence-corrected chi connectivity index (χ0v) is 12.4. The Morgan fingerprint density at radius 1 is 1.44 bits per heavy atom. The van der Waals surface area contributed by atoms with Gasteiger partial charge in [0.15, 0.2) is 0 Å². The second-order valence-electron chi connectivity index (χ2n) is 4.62. The third kappa shape index (κ3) is 3.96. The van der Waals surface area contributed by atoms with Crippen LogP contribution in [0.4, 0.5) is 0 Å². The molecule has 1 heterocycles. The molecule has 16 heavy (non-hydrogen) atoms. The molecule has 0 saturated carbocycles. The highest BCUT2D eigenvalue weighted by molar-refractivity contribution is 9.10. The van der Waals surface area contributed by atoms with Crippen LogP contribution in [0.5, 0.6) is 0 Å². The van der Waals surface area contributed by atoms with Gasteiger partial charge < -0.3 is 0 Å². The van der Waals surface area contributed by atoms with E-state index in [9.17, 15) is 4.21 Å². The summed E-state index contributed by atoms with van der Waals surface area (Å²) in [6.07, 6.45) is 1.74. The van der Waals surface area contributed by atoms with Crippen LogP contribution in [0, 0.1) is 0 Å². The fourth-order valence-corrected chi connectivity index (χ4v) is 2.07. The second-order valence-corrected chi connectivity index (χ2v) is 7.54. The first-order valence-corrected chi connectivity index (χ1v) is 7.04. The maximum absolute atomic E-state index is 11.9. The number of nitrogens with zero attached hydrogens (tertiary/aromatic N) is 1. The molecule has 1 aromatic heterocycles. The van der Waals surface area contributed by atoms with Crippen molar-refractivity contribution in [1.29, 1.82) is 0 Å². The third-order valence-corrected chi connectivity index (χ3v) is 4.18. The molecule has 2 atom stereocenters. The lowest BCUT2D eigenvalue weighted by atomic mass is 10.2. The quantitative estimate of drug-likeness (QED) is 0.933. The predicted molar refractivity (Wildman–Crippen MR) is 71.4 cm³/mol. The summed E-state index contributed by atoms with van der Waals surface area (Å²) in [4.78, 5) is 4.27. The first kappa shape index (κ1) is 13.8. The molecule has 1 rings (SSSR count). The van der Waals surface area contributed by atoms with E-state index < -0.39 is 11.0 Å². The van der Waals surface area contributed by atoms with Crippen LogP contribution >= 0.6 is 15.9 Å². The van der Waals surface area contributed by atoms with Gasteiger partial charge in [-0.15, -0.1) is 0 Å². The van der Waals surface area contributed by atoms with Crippen LogP contribution in [0.1, 0.15) is 39.4 Å². The number of nitrogens with one attached hydrogen (secondary N) is 1. The van der Waals surface area contributed by atoms with Crippen molar-refractivity contribution in [1.82, 2.24) is 9.71 Å². The minimum absolute atomic E-state index is 0.0202. The molecule has 90 valence electrons. The van der Waals surface area contributed by atoms with Gasteiger partial charge in [-0.05, 0) is 55.8 Å². The van der Waals surface area contributed by atoms with Crippen molar-refractivity contribution >= 4 is 26.9 Å². The van der Waals surface area contributed by atoms with Crippen LogP contribution in [0.25, 0.3) is 0 Å². The summed E-state index contributed by atoms with van der Waals surface area (Å²) in [5.41, 5.74) is 0.890. The van der Waals surface area contributed by atoms with Crippen molar-refractivity contribution in [2.45, 2.75) is 38.5 Å². The van der Waals surface area contributed by atoms with Crippen molar-refractivity contribution in [3.63, 3.8) is 0 Å². The molecule has 0 spiro atoms. The SMILES string of the molecule is C[C@@H](N[S@@](=O)C(C)(C)C)c1ccc(Br)cn1. The van der Waals surface area contributed by atoms with E-state index in [-0.39, 0.29) is 10.8 Å². The Bertz CT molecular complexity index is 373. The average molecular weight is 305 g/mol. The molecule has 0 aliphatic carbocycles. The topological polar surface area (TPSA) is 42.0 Å². The van der Waals surface area contributed by atoms with E-state index >= 15 is 0 Å². The van der Waals surface area contributed by atoms with Crippen LogP contribution in [0.2, 0.25) is 0 Å². The molecule has 0 saturated heterocycles. The van der Waals surface area contributed by atoms with E-state index in [1.165, 1.54) is 0 Å². The van der Waals surface area contributed by atoms with E-state index in [1.807, 2.05) is 39.8 Å². The largest absolute Gasteiger partial charge is 0.258 e. The molecule has 0 aliphatic heterocycles. The number of rotatable bonds is 3. The summed E-state index contributed by atoms with van der Waals surface area (Å²) in [6.45, 7) is 7.79. The molecule has 1 N–H and O–H groups in total. The van der Waals surface area contributed by atoms with Crippen molar-refractivity contribution in [2.75, 3.05) is 0 Å². The fourth-order valence-electron chi connectivity index (χ4n) is 1.04. The van der Waals surface area contributed by atoms with Gasteiger partial charge in [0, 0.05) is 10.7 Å². The smallest absolute Gasteiger partial charge is 0.0976 e. The second kappa shape index (κ2) is 5.38. The summed E-state index contributed by atoms with van der Waals surface area (Å²) in [5.74, 6) is 0. The standard InChI is InChI=1S/C11H17BrN2OS/c1-8(14-16(15)11(2,3)4)10-6-5-9(12)7-13-10/h5-8,14H,1-4H3/t8-,16+/m1/s1. The highest BCUT2D eigenvalue weighted by atomic mass is 79.9. The van der Waals surface area contributed by atoms with Crippen LogP contribution < -0.4 is 4.72 Å². The van der Waals surface area contributed by atoms with Crippen LogP contribution in [-0.4, -0.2) is 13.9 Å². The van der Waals surface area contributed by atoms with Gasteiger partial charge >= 0.3 is 0 Å². The van der Waals surface area contributed by atoms with Gasteiger partial charge in [0.2, 0.25) is 0 Å². The summed E-state index contributed by atoms with van der Waals surface area (Å²) in [5, 5.41) is 0. The molecule has 0 bridgehead atoms. The van der Waals surface area contributed by atoms with E-state index in [0.717, 1.165) is 10.2 Å². The molecule has 1 aromatic rings. The minimum Gasteiger partial charge on any atom is -0.258 e. The molecule has 0 aliphatic rings. The number of hydrogen-bond donors (Lipinski definition) is 1. The van der Waals surface area contributed by atoms with E-state index in [0.29, 0.717) is 0 Å². The molecular weight excluding hydrogens is 288 g/mol. The van der Waals surface area contributed by atoms with Crippen molar-refractivity contribution in [3.05, 3.63) is 28.5 Å². The highest BCUT2D eigenvalue weighted by Gasteiger charge is 2.21. The zero-order valence-electron chi connectivity index (χ0n) is 9.95. The predicted octanol–water partition coefficient (Wildman–Crippen LogP) is 2.96. The van der Waals surface area contributed by atoms with Crippen molar-refractivity contribution in [3.8, 4) is 0 Å². The summed E-state index contributed by atoms with van der Waals surface area (Å²) >= 11 is 3.33. The number of pyridine rings is 1. The van der Waals surface area contributed by atoms with Gasteiger partial charge in [0.25, 0.3) is 0 Å². The van der Waals surface area contributed by atoms with E-state index in [1.54, 1.807) is 6.20 Å². The van der Waals surface area contributed by atoms with Crippen molar-refractivity contribution < 1.29 is 4.21 Å². The summed E-state index contributed by atoms with van der Waals surface area (Å²) < 4.78 is 15.6. The van der Waals surface area contributed by atoms with Gasteiger partial charge in [-0.1, -0.05) is 0 Å². The van der Waals surface area contributed by atoms with Crippen LogP contribution in [-0.2, 0) is 11.0 Å². The van der Waals surface area contributed by atoms with Crippen LogP contribution in [0.15, 0.2) is 22.8 Å². The summed E-state index contributed by atoms with van der Waals surface area (Å²) in [7, 11) is -1.07. The highest BCUT2D eigenvalue weighted by Crippen LogP contribution is 2.16. The molecule has 0 aromatic carbocycles. The number of aromatic nitrogens is 1. The maximum Gasteiger partial charge on any atom is 0.0976 e. The Hall–Kier alpha value is -0.260. The number of halogens is 1. The van der Waals surface area contributed by atoms with Gasteiger partial charge in [-0.25, -0.2) is 8.93 Å². The normalized spacial score (nSPS) is 15.8. The molecule has 0 unspecified atom stereocenters. The lowest BCUT2D eigenvalue weighted by Gasteiger charge is -2.21. The third-order valence-electron chi connectivity index (χ3n) is 2.03. The molecule has 0 fully saturated rings. The Kier molecular flexibility index (Phi) is 4.64. The summed E-state index contributed by atoms with van der Waals surface area (Å²) in [6, 6.07) is 3.83. The lowest BCUT2D eigenvalue weighted by Crippen LogP contribution is -2.35. The van der Waals surface area contributed by atoms with Gasteiger partial charge in [0.1, 0.15) is 0 Å². The fraction of sp³-hybridized carbons (Fsp3) is 0.545. The molecule has 3 nitrogen and oxygen atoms in total. The number of hydrogen-bond acceptors (Lipinski definition) is 2. The Balaban J connectivity index is 2.69. The first-order chi connectivity index (χ1) is 7.30. The van der Waals surface area contributed by atoms with E-state index in [4.69, 9.17) is 0 Å². The van der Waals surface area contributed by atoms with Gasteiger partial charge in [0.05, 0.1) is 27.5 Å². The average Bonchev–Trinajstić information content (AvgIpc) is 2.17. The lowest BCUT2D eigenvalue weighted by molar-refractivity contribution is 0.611.